The van der Waals surface area contributed by atoms with E-state index in [2.05, 4.69) is 15.3 Å². The summed E-state index contributed by atoms with van der Waals surface area (Å²) in [6.07, 6.45) is 4.56. The maximum absolute atomic E-state index is 5.97. The lowest BCUT2D eigenvalue weighted by molar-refractivity contribution is 0.878. The Hall–Kier alpha value is -1.39. The van der Waals surface area contributed by atoms with Crippen molar-refractivity contribution in [3.63, 3.8) is 0 Å². The van der Waals surface area contributed by atoms with Gasteiger partial charge in [-0.15, -0.1) is 10.2 Å². The Balaban J connectivity index is 2.28. The van der Waals surface area contributed by atoms with E-state index in [1.807, 2.05) is 12.1 Å². The molecule has 0 aliphatic rings. The van der Waals surface area contributed by atoms with Gasteiger partial charge < -0.3 is 0 Å². The van der Waals surface area contributed by atoms with Crippen LogP contribution in [-0.2, 0) is 0 Å². The van der Waals surface area contributed by atoms with Crippen molar-refractivity contribution >= 4 is 29.4 Å². The molecule has 2 rings (SSSR count). The summed E-state index contributed by atoms with van der Waals surface area (Å²) in [6.45, 7) is 0. The molecule has 0 saturated carbocycles. The summed E-state index contributed by atoms with van der Waals surface area (Å²) in [5, 5.41) is 12.3. The zero-order valence-electron chi connectivity index (χ0n) is 7.51. The van der Waals surface area contributed by atoms with Gasteiger partial charge in [0.2, 0.25) is 0 Å². The van der Waals surface area contributed by atoms with Crippen molar-refractivity contribution in [1.29, 1.82) is 0 Å². The van der Waals surface area contributed by atoms with Crippen LogP contribution in [0.15, 0.2) is 36.0 Å². The van der Waals surface area contributed by atoms with Gasteiger partial charge in [-0.1, -0.05) is 35.3 Å². The minimum atomic E-state index is 0.482. The van der Waals surface area contributed by atoms with Crippen molar-refractivity contribution in [3.05, 3.63) is 46.5 Å². The van der Waals surface area contributed by atoms with Crippen molar-refractivity contribution in [2.45, 2.75) is 0 Å². The van der Waals surface area contributed by atoms with Gasteiger partial charge in [0, 0.05) is 5.56 Å². The van der Waals surface area contributed by atoms with Crippen LogP contribution in [0.2, 0.25) is 10.0 Å². The van der Waals surface area contributed by atoms with E-state index >= 15 is 0 Å². The maximum Gasteiger partial charge on any atom is 0.141 e. The molecule has 15 heavy (non-hydrogen) atoms. The average molecular weight is 241 g/mol. The number of nitrogens with zero attached hydrogens (tertiary/aromatic N) is 4. The molecule has 0 radical (unpaired) electrons. The highest BCUT2D eigenvalue weighted by Gasteiger charge is 2.00. The molecule has 0 atom stereocenters. The van der Waals surface area contributed by atoms with Crippen molar-refractivity contribution in [3.8, 4) is 0 Å². The first-order valence-corrected chi connectivity index (χ1v) is 4.86. The fourth-order valence-electron chi connectivity index (χ4n) is 1.00. The first-order chi connectivity index (χ1) is 7.27. The predicted octanol–water partition coefficient (Wildman–Crippen LogP) is 2.47. The van der Waals surface area contributed by atoms with E-state index in [0.29, 0.717) is 10.0 Å². The molecule has 2 aromatic rings. The molecule has 1 aromatic heterocycles. The van der Waals surface area contributed by atoms with Gasteiger partial charge in [-0.2, -0.15) is 5.10 Å². The summed E-state index contributed by atoms with van der Waals surface area (Å²) in [5.74, 6) is 0. The highest BCUT2D eigenvalue weighted by atomic mass is 35.5. The molecule has 0 amide bonds. The maximum atomic E-state index is 5.97. The molecular formula is C9H6Cl2N4. The molecule has 0 bridgehead atoms. The highest BCUT2D eigenvalue weighted by Crippen LogP contribution is 2.24. The molecule has 1 aromatic carbocycles. The second-order valence-electron chi connectivity index (χ2n) is 2.73. The molecule has 0 fully saturated rings. The first-order valence-electron chi connectivity index (χ1n) is 4.10. The SMILES string of the molecule is Clc1cccc(/C=N/n2cnnc2)c1Cl. The van der Waals surface area contributed by atoms with Gasteiger partial charge >= 0.3 is 0 Å². The van der Waals surface area contributed by atoms with E-state index in [9.17, 15) is 0 Å². The molecule has 76 valence electrons. The van der Waals surface area contributed by atoms with Gasteiger partial charge in [0.05, 0.1) is 16.3 Å². The van der Waals surface area contributed by atoms with Crippen LogP contribution in [0.4, 0.5) is 0 Å². The average Bonchev–Trinajstić information content (AvgIpc) is 2.73. The molecule has 0 aliphatic carbocycles. The molecule has 0 N–H and O–H groups in total. The van der Waals surface area contributed by atoms with E-state index in [1.54, 1.807) is 12.3 Å². The smallest absolute Gasteiger partial charge is 0.141 e. The van der Waals surface area contributed by atoms with Crippen LogP contribution in [0, 0.1) is 0 Å². The van der Waals surface area contributed by atoms with Crippen LogP contribution in [0.5, 0.6) is 0 Å². The lowest BCUT2D eigenvalue weighted by atomic mass is 10.2. The molecule has 0 spiro atoms. The molecule has 4 nitrogen and oxygen atoms in total. The summed E-state index contributed by atoms with van der Waals surface area (Å²) >= 11 is 11.8. The van der Waals surface area contributed by atoms with Gasteiger partial charge in [-0.3, -0.25) is 0 Å². The van der Waals surface area contributed by atoms with Gasteiger partial charge in [-0.05, 0) is 6.07 Å². The molecule has 0 aliphatic heterocycles. The van der Waals surface area contributed by atoms with Gasteiger partial charge in [0.1, 0.15) is 12.7 Å². The van der Waals surface area contributed by atoms with E-state index in [4.69, 9.17) is 23.2 Å². The van der Waals surface area contributed by atoms with Crippen LogP contribution in [0.1, 0.15) is 5.56 Å². The van der Waals surface area contributed by atoms with Crippen LogP contribution < -0.4 is 0 Å². The Labute approximate surface area is 96.2 Å². The third kappa shape index (κ3) is 2.34. The topological polar surface area (TPSA) is 43.1 Å². The zero-order chi connectivity index (χ0) is 10.7. The lowest BCUT2D eigenvalue weighted by Gasteiger charge is -1.98. The molecule has 6 heteroatoms. The van der Waals surface area contributed by atoms with E-state index < -0.39 is 0 Å². The first kappa shape index (κ1) is 10.1. The molecule has 1 heterocycles. The fraction of sp³-hybridized carbons (Fsp3) is 0. The summed E-state index contributed by atoms with van der Waals surface area (Å²) in [4.78, 5) is 0. The van der Waals surface area contributed by atoms with Crippen molar-refractivity contribution in [1.82, 2.24) is 14.9 Å². The van der Waals surface area contributed by atoms with Crippen molar-refractivity contribution in [2.75, 3.05) is 0 Å². The number of hydrogen-bond donors (Lipinski definition) is 0. The molecule has 0 saturated heterocycles. The number of aromatic nitrogens is 3. The second-order valence-corrected chi connectivity index (χ2v) is 3.51. The van der Waals surface area contributed by atoms with Crippen molar-refractivity contribution < 1.29 is 0 Å². The Bertz CT molecular complexity index is 479. The Morgan fingerprint density at radius 1 is 1.20 bits per heavy atom. The largest absolute Gasteiger partial charge is 0.208 e. The van der Waals surface area contributed by atoms with Gasteiger partial charge in [0.25, 0.3) is 0 Å². The molecular weight excluding hydrogens is 235 g/mol. The standard InChI is InChI=1S/C9H6Cl2N4/c10-8-3-1-2-7(9(8)11)4-14-15-5-12-13-6-15/h1-6H/b14-4+. The van der Waals surface area contributed by atoms with Crippen LogP contribution in [0.3, 0.4) is 0 Å². The minimum absolute atomic E-state index is 0.482. The second kappa shape index (κ2) is 4.42. The predicted molar refractivity (Wildman–Crippen MR) is 59.5 cm³/mol. The Morgan fingerprint density at radius 2 is 1.93 bits per heavy atom. The van der Waals surface area contributed by atoms with E-state index in [0.717, 1.165) is 5.56 Å². The number of hydrogen-bond acceptors (Lipinski definition) is 3. The zero-order valence-corrected chi connectivity index (χ0v) is 9.02. The summed E-state index contributed by atoms with van der Waals surface area (Å²) in [5.41, 5.74) is 0.748. The third-order valence-corrected chi connectivity index (χ3v) is 2.55. The number of benzene rings is 1. The summed E-state index contributed by atoms with van der Waals surface area (Å²) in [6, 6.07) is 5.35. The lowest BCUT2D eigenvalue weighted by Crippen LogP contribution is -1.88. The van der Waals surface area contributed by atoms with Crippen LogP contribution >= 0.6 is 23.2 Å². The Morgan fingerprint density at radius 3 is 2.67 bits per heavy atom. The highest BCUT2D eigenvalue weighted by molar-refractivity contribution is 6.43. The normalized spacial score (nSPS) is 11.1. The monoisotopic (exact) mass is 240 g/mol. The summed E-state index contributed by atoms with van der Waals surface area (Å²) in [7, 11) is 0. The fourth-order valence-corrected chi connectivity index (χ4v) is 1.36. The molecule has 0 unspecified atom stereocenters. The van der Waals surface area contributed by atoms with E-state index in [-0.39, 0.29) is 0 Å². The van der Waals surface area contributed by atoms with Crippen LogP contribution in [-0.4, -0.2) is 21.1 Å². The van der Waals surface area contributed by atoms with E-state index in [1.165, 1.54) is 17.3 Å². The van der Waals surface area contributed by atoms with Crippen LogP contribution in [0.25, 0.3) is 0 Å². The minimum Gasteiger partial charge on any atom is -0.208 e. The number of halogens is 2. The van der Waals surface area contributed by atoms with Gasteiger partial charge in [0.15, 0.2) is 0 Å². The third-order valence-electron chi connectivity index (χ3n) is 1.72. The summed E-state index contributed by atoms with van der Waals surface area (Å²) < 4.78 is 1.47. The quantitative estimate of drug-likeness (QED) is 0.758. The van der Waals surface area contributed by atoms with Gasteiger partial charge in [-0.25, -0.2) is 4.68 Å². The van der Waals surface area contributed by atoms with Crippen molar-refractivity contribution in [2.24, 2.45) is 5.10 Å². The Kier molecular flexibility index (Phi) is 2.99. The number of rotatable bonds is 2.